The van der Waals surface area contributed by atoms with Crippen molar-refractivity contribution < 1.29 is 0 Å². The Morgan fingerprint density at radius 3 is 2.80 bits per heavy atom. The van der Waals surface area contributed by atoms with Gasteiger partial charge in [-0.3, -0.25) is 0 Å². The van der Waals surface area contributed by atoms with Crippen LogP contribution in [0.5, 0.6) is 0 Å². The Morgan fingerprint density at radius 2 is 1.95 bits per heavy atom. The van der Waals surface area contributed by atoms with Gasteiger partial charge < -0.3 is 4.57 Å². The van der Waals surface area contributed by atoms with E-state index in [1.165, 1.54) is 17.5 Å². The van der Waals surface area contributed by atoms with Crippen LogP contribution >= 0.6 is 0 Å². The molecule has 1 aliphatic rings. The van der Waals surface area contributed by atoms with Gasteiger partial charge in [0.25, 0.3) is 0 Å². The number of fused-ring (bicyclic) bond motifs is 2. The van der Waals surface area contributed by atoms with E-state index in [0.29, 0.717) is 6.54 Å². The maximum Gasteiger partial charge on any atom is 0.155 e. The monoisotopic (exact) mass is 266 g/mol. The van der Waals surface area contributed by atoms with Gasteiger partial charge in [0.15, 0.2) is 5.82 Å². The molecular formula is C14H14N6. The zero-order valence-corrected chi connectivity index (χ0v) is 11.0. The summed E-state index contributed by atoms with van der Waals surface area (Å²) in [6.45, 7) is 1.44. The number of benzene rings is 1. The molecule has 3 heterocycles. The van der Waals surface area contributed by atoms with Gasteiger partial charge in [-0.15, -0.1) is 10.2 Å². The van der Waals surface area contributed by atoms with Crippen LogP contribution in [0.4, 0.5) is 0 Å². The lowest BCUT2D eigenvalue weighted by molar-refractivity contribution is 0.607. The van der Waals surface area contributed by atoms with Gasteiger partial charge in [-0.2, -0.15) is 5.10 Å². The van der Waals surface area contributed by atoms with Gasteiger partial charge in [-0.05, 0) is 17.5 Å². The van der Waals surface area contributed by atoms with Gasteiger partial charge in [0.05, 0.1) is 6.54 Å². The van der Waals surface area contributed by atoms with Crippen molar-refractivity contribution in [2.75, 3.05) is 0 Å². The first kappa shape index (κ1) is 11.3. The highest BCUT2D eigenvalue weighted by molar-refractivity contribution is 5.30. The second-order valence-electron chi connectivity index (χ2n) is 4.98. The smallest absolute Gasteiger partial charge is 0.155 e. The second-order valence-corrected chi connectivity index (χ2v) is 4.98. The Hall–Kier alpha value is -2.50. The van der Waals surface area contributed by atoms with E-state index in [0.717, 1.165) is 31.0 Å². The lowest BCUT2D eigenvalue weighted by atomic mass is 10.0. The largest absolute Gasteiger partial charge is 0.309 e. The molecule has 0 amide bonds. The van der Waals surface area contributed by atoms with E-state index in [-0.39, 0.29) is 0 Å². The van der Waals surface area contributed by atoms with Crippen molar-refractivity contribution in [3.63, 3.8) is 0 Å². The third-order valence-electron chi connectivity index (χ3n) is 3.74. The summed E-state index contributed by atoms with van der Waals surface area (Å²) in [6, 6.07) is 8.57. The molecule has 3 aromatic rings. The Balaban J connectivity index is 1.72. The fraction of sp³-hybridized carbons (Fsp3) is 0.286. The molecule has 0 spiro atoms. The number of hydrogen-bond donors (Lipinski definition) is 0. The molecule has 6 heteroatoms. The summed E-state index contributed by atoms with van der Waals surface area (Å²) >= 11 is 0. The Labute approximate surface area is 116 Å². The van der Waals surface area contributed by atoms with Crippen LogP contribution in [0, 0.1) is 0 Å². The van der Waals surface area contributed by atoms with Crippen molar-refractivity contribution in [1.29, 1.82) is 0 Å². The maximum absolute atomic E-state index is 4.33. The lowest BCUT2D eigenvalue weighted by Gasteiger charge is -2.08. The number of rotatable bonds is 2. The Bertz CT molecular complexity index is 728. The molecule has 0 unspecified atom stereocenters. The van der Waals surface area contributed by atoms with Gasteiger partial charge in [-0.25, -0.2) is 9.67 Å². The summed E-state index contributed by atoms with van der Waals surface area (Å²) in [4.78, 5) is 3.96. The van der Waals surface area contributed by atoms with Gasteiger partial charge in [0.1, 0.15) is 25.0 Å². The molecule has 1 aliphatic heterocycles. The fourth-order valence-corrected chi connectivity index (χ4v) is 2.69. The van der Waals surface area contributed by atoms with Crippen molar-refractivity contribution >= 4 is 0 Å². The summed E-state index contributed by atoms with van der Waals surface area (Å²) in [6.07, 6.45) is 5.19. The summed E-state index contributed by atoms with van der Waals surface area (Å²) in [5, 5.41) is 12.8. The quantitative estimate of drug-likeness (QED) is 0.696. The van der Waals surface area contributed by atoms with Crippen LogP contribution in [-0.2, 0) is 25.9 Å². The van der Waals surface area contributed by atoms with Gasteiger partial charge in [0, 0.05) is 6.42 Å². The molecule has 4 rings (SSSR count). The minimum absolute atomic E-state index is 0.606. The normalized spacial score (nSPS) is 13.6. The van der Waals surface area contributed by atoms with Crippen LogP contribution in [0.1, 0.15) is 22.8 Å². The molecule has 20 heavy (non-hydrogen) atoms. The summed E-state index contributed by atoms with van der Waals surface area (Å²) in [7, 11) is 0. The van der Waals surface area contributed by atoms with E-state index in [2.05, 4.69) is 49.1 Å². The van der Waals surface area contributed by atoms with Gasteiger partial charge in [-0.1, -0.05) is 24.3 Å². The number of hydrogen-bond acceptors (Lipinski definition) is 4. The first-order valence-corrected chi connectivity index (χ1v) is 6.70. The van der Waals surface area contributed by atoms with Crippen LogP contribution in [0.15, 0.2) is 36.9 Å². The van der Waals surface area contributed by atoms with Gasteiger partial charge >= 0.3 is 0 Å². The number of aryl methyl sites for hydroxylation is 2. The zero-order valence-electron chi connectivity index (χ0n) is 11.0. The molecular weight excluding hydrogens is 252 g/mol. The second kappa shape index (κ2) is 4.56. The summed E-state index contributed by atoms with van der Waals surface area (Å²) in [5.41, 5.74) is 2.76. The Kier molecular flexibility index (Phi) is 2.58. The molecule has 0 N–H and O–H groups in total. The third-order valence-corrected chi connectivity index (χ3v) is 3.74. The summed E-state index contributed by atoms with van der Waals surface area (Å²) < 4.78 is 3.97. The molecule has 2 aromatic heterocycles. The SMILES string of the molecule is c1ccc2c(c1)CCc1nnc(Cn3cncn3)n1C2. The molecule has 0 atom stereocenters. The molecule has 0 radical (unpaired) electrons. The molecule has 100 valence electrons. The summed E-state index contributed by atoms with van der Waals surface area (Å²) in [5.74, 6) is 1.98. The van der Waals surface area contributed by atoms with E-state index < -0.39 is 0 Å². The molecule has 6 nitrogen and oxygen atoms in total. The predicted molar refractivity (Wildman–Crippen MR) is 72.1 cm³/mol. The standard InChI is InChI=1S/C14H14N6/c1-2-4-12-7-20-13(6-5-11(12)3-1)17-18-14(20)8-19-10-15-9-16-19/h1-4,9-10H,5-8H2. The first-order valence-electron chi connectivity index (χ1n) is 6.70. The average molecular weight is 266 g/mol. The van der Waals surface area contributed by atoms with E-state index in [1.54, 1.807) is 11.0 Å². The van der Waals surface area contributed by atoms with Crippen LogP contribution in [0.2, 0.25) is 0 Å². The number of nitrogens with zero attached hydrogens (tertiary/aromatic N) is 6. The van der Waals surface area contributed by atoms with Crippen LogP contribution in [0.25, 0.3) is 0 Å². The predicted octanol–water partition coefficient (Wildman–Crippen LogP) is 1.06. The molecule has 0 fully saturated rings. The van der Waals surface area contributed by atoms with Crippen LogP contribution in [0.3, 0.4) is 0 Å². The lowest BCUT2D eigenvalue weighted by Crippen LogP contribution is -2.11. The number of aromatic nitrogens is 6. The van der Waals surface area contributed by atoms with Crippen molar-refractivity contribution in [3.05, 3.63) is 59.7 Å². The van der Waals surface area contributed by atoms with Crippen LogP contribution in [-0.4, -0.2) is 29.5 Å². The highest BCUT2D eigenvalue weighted by Crippen LogP contribution is 2.19. The molecule has 0 aliphatic carbocycles. The average Bonchev–Trinajstić information content (AvgIpc) is 3.06. The third kappa shape index (κ3) is 1.89. The molecule has 0 saturated carbocycles. The van der Waals surface area contributed by atoms with Crippen molar-refractivity contribution in [2.45, 2.75) is 25.9 Å². The van der Waals surface area contributed by atoms with E-state index in [1.807, 2.05) is 0 Å². The van der Waals surface area contributed by atoms with Crippen molar-refractivity contribution in [1.82, 2.24) is 29.5 Å². The van der Waals surface area contributed by atoms with Crippen LogP contribution < -0.4 is 0 Å². The zero-order chi connectivity index (χ0) is 13.4. The topological polar surface area (TPSA) is 61.4 Å². The Morgan fingerprint density at radius 1 is 1.05 bits per heavy atom. The van der Waals surface area contributed by atoms with Crippen molar-refractivity contribution in [3.8, 4) is 0 Å². The van der Waals surface area contributed by atoms with E-state index >= 15 is 0 Å². The minimum Gasteiger partial charge on any atom is -0.309 e. The highest BCUT2D eigenvalue weighted by Gasteiger charge is 2.18. The molecule has 0 bridgehead atoms. The minimum atomic E-state index is 0.606. The first-order chi connectivity index (χ1) is 9.90. The molecule has 0 saturated heterocycles. The van der Waals surface area contributed by atoms with Crippen molar-refractivity contribution in [2.24, 2.45) is 0 Å². The highest BCUT2D eigenvalue weighted by atomic mass is 15.4. The molecule has 1 aromatic carbocycles. The van der Waals surface area contributed by atoms with E-state index in [4.69, 9.17) is 0 Å². The van der Waals surface area contributed by atoms with Gasteiger partial charge in [0.2, 0.25) is 0 Å². The fourth-order valence-electron chi connectivity index (χ4n) is 2.69. The van der Waals surface area contributed by atoms with E-state index in [9.17, 15) is 0 Å². The maximum atomic E-state index is 4.33.